The molecular weight excluding hydrogens is 519 g/mol. The molecule has 1 rings (SSSR count). The predicted molar refractivity (Wildman–Crippen MR) is 141 cm³/mol. The molecule has 0 saturated carbocycles. The van der Waals surface area contributed by atoms with Gasteiger partial charge in [-0.25, -0.2) is 18.0 Å². The minimum atomic E-state index is -4.27. The normalized spacial score (nSPS) is 11.1. The fraction of sp³-hybridized carbons (Fsp3) is 0.714. The molecule has 0 fully saturated rings. The van der Waals surface area contributed by atoms with Crippen molar-refractivity contribution in [2.24, 2.45) is 0 Å². The van der Waals surface area contributed by atoms with E-state index in [1.54, 1.807) is 12.1 Å². The summed E-state index contributed by atoms with van der Waals surface area (Å²) in [7, 11) is -4.27. The number of benzene rings is 1. The summed E-state index contributed by atoms with van der Waals surface area (Å²) in [6.45, 7) is 2.53. The van der Waals surface area contributed by atoms with Crippen molar-refractivity contribution in [3.63, 3.8) is 0 Å². The van der Waals surface area contributed by atoms with Crippen molar-refractivity contribution in [3.05, 3.63) is 35.4 Å². The zero-order valence-corrected chi connectivity index (χ0v) is 27.0. The first kappa shape index (κ1) is 36.7. The molecule has 1 aromatic carbocycles. The van der Waals surface area contributed by atoms with Crippen molar-refractivity contribution < 1.29 is 83.4 Å². The Bertz CT molecular complexity index is 843. The maximum atomic E-state index is 12.5. The van der Waals surface area contributed by atoms with E-state index in [1.807, 2.05) is 0 Å². The Morgan fingerprint density at radius 2 is 1.00 bits per heavy atom. The molecule has 0 radical (unpaired) electrons. The summed E-state index contributed by atoms with van der Waals surface area (Å²) in [5.41, 5.74) is 0.259. The van der Waals surface area contributed by atoms with E-state index >= 15 is 0 Å². The van der Waals surface area contributed by atoms with Crippen molar-refractivity contribution in [2.45, 2.75) is 110 Å². The Morgan fingerprint density at radius 1 is 0.649 bits per heavy atom. The summed E-state index contributed by atoms with van der Waals surface area (Å²) in [6, 6.07) is 6.30. The van der Waals surface area contributed by atoms with E-state index in [9.17, 15) is 22.6 Å². The summed E-state index contributed by atoms with van der Waals surface area (Å²) in [6.07, 6.45) is 17.9. The Morgan fingerprint density at radius 3 is 1.38 bits per heavy atom. The van der Waals surface area contributed by atoms with Crippen LogP contribution < -0.4 is 51.4 Å². The molecule has 0 saturated heterocycles. The fourth-order valence-corrected chi connectivity index (χ4v) is 4.56. The number of ether oxygens (including phenoxy) is 2. The molecule has 0 aliphatic rings. The Balaban J connectivity index is 0.0000130. The average molecular weight is 565 g/mol. The summed E-state index contributed by atoms with van der Waals surface area (Å²) in [5.74, 6) is -1.73. The smallest absolute Gasteiger partial charge is 0.748 e. The van der Waals surface area contributed by atoms with Gasteiger partial charge in [0, 0.05) is 5.75 Å². The number of carbonyl (C=O) groups is 2. The molecule has 0 N–H and O–H groups in total. The van der Waals surface area contributed by atoms with Gasteiger partial charge in [0.05, 0.1) is 34.5 Å². The standard InChI is InChI=1S/C28H46O7S.K/c1-2-3-4-5-6-7-8-9-10-11-12-13-14-17-22-34-27(29)25-20-15-16-21-26(25)28(30)35-23-18-19-24-36(31,32)33;/h15-16,20-21H,2-14,17-19,22-24H2,1H3,(H,31,32,33);/q;+1/p-1. The molecule has 0 atom stereocenters. The Kier molecular flexibility index (Phi) is 23.4. The van der Waals surface area contributed by atoms with Gasteiger partial charge in [-0.05, 0) is 31.4 Å². The Labute approximate surface area is 267 Å². The predicted octanol–water partition coefficient (Wildman–Crippen LogP) is 3.81. The minimum Gasteiger partial charge on any atom is -0.748 e. The van der Waals surface area contributed by atoms with Gasteiger partial charge in [-0.2, -0.15) is 0 Å². The molecule has 0 unspecified atom stereocenters. The number of rotatable bonds is 22. The van der Waals surface area contributed by atoms with Gasteiger partial charge >= 0.3 is 63.3 Å². The second-order valence-corrected chi connectivity index (χ2v) is 10.9. The molecule has 0 heterocycles. The van der Waals surface area contributed by atoms with Crippen molar-refractivity contribution in [1.82, 2.24) is 0 Å². The van der Waals surface area contributed by atoms with Crippen molar-refractivity contribution >= 4 is 22.1 Å². The first-order valence-corrected chi connectivity index (χ1v) is 15.3. The molecule has 0 amide bonds. The number of esters is 2. The monoisotopic (exact) mass is 564 g/mol. The van der Waals surface area contributed by atoms with Gasteiger partial charge in [-0.15, -0.1) is 0 Å². The molecule has 7 nitrogen and oxygen atoms in total. The third-order valence-corrected chi connectivity index (χ3v) is 6.91. The molecule has 0 spiro atoms. The summed E-state index contributed by atoms with van der Waals surface area (Å²) < 4.78 is 42.3. The van der Waals surface area contributed by atoms with Crippen LogP contribution in [0.15, 0.2) is 24.3 Å². The van der Waals surface area contributed by atoms with Crippen LogP contribution in [0.5, 0.6) is 0 Å². The average Bonchev–Trinajstić information content (AvgIpc) is 2.85. The molecular formula is C28H45KO7S. The van der Waals surface area contributed by atoms with Gasteiger partial charge in [0.1, 0.15) is 0 Å². The van der Waals surface area contributed by atoms with Crippen LogP contribution in [0.4, 0.5) is 0 Å². The third-order valence-electron chi connectivity index (χ3n) is 6.12. The van der Waals surface area contributed by atoms with Crippen LogP contribution in [-0.2, 0) is 19.6 Å². The van der Waals surface area contributed by atoms with E-state index in [0.717, 1.165) is 19.3 Å². The van der Waals surface area contributed by atoms with E-state index in [1.165, 1.54) is 82.8 Å². The van der Waals surface area contributed by atoms with Gasteiger partial charge in [0.15, 0.2) is 0 Å². The van der Waals surface area contributed by atoms with Gasteiger partial charge in [0.2, 0.25) is 0 Å². The van der Waals surface area contributed by atoms with Crippen LogP contribution in [0, 0.1) is 0 Å². The van der Waals surface area contributed by atoms with E-state index in [2.05, 4.69) is 6.92 Å². The topological polar surface area (TPSA) is 110 Å². The SMILES string of the molecule is CCCCCCCCCCCCCCCCOC(=O)c1ccccc1C(=O)OCCCCS(=O)(=O)[O-].[K+]. The second-order valence-electron chi connectivity index (χ2n) is 9.38. The van der Waals surface area contributed by atoms with Gasteiger partial charge in [-0.1, -0.05) is 103 Å². The number of unbranched alkanes of at least 4 members (excludes halogenated alkanes) is 14. The molecule has 0 aliphatic heterocycles. The maximum Gasteiger partial charge on any atom is 1.00 e. The molecule has 1 aromatic rings. The van der Waals surface area contributed by atoms with E-state index in [4.69, 9.17) is 9.47 Å². The fourth-order valence-electron chi connectivity index (χ4n) is 4.00. The summed E-state index contributed by atoms with van der Waals surface area (Å²) >= 11 is 0. The quantitative estimate of drug-likeness (QED) is 0.0912. The molecule has 37 heavy (non-hydrogen) atoms. The maximum absolute atomic E-state index is 12.5. The molecule has 0 bridgehead atoms. The van der Waals surface area contributed by atoms with Crippen LogP contribution in [0.25, 0.3) is 0 Å². The van der Waals surface area contributed by atoms with E-state index < -0.39 is 27.8 Å². The van der Waals surface area contributed by atoms with Crippen molar-refractivity contribution in [2.75, 3.05) is 19.0 Å². The van der Waals surface area contributed by atoms with E-state index in [0.29, 0.717) is 6.61 Å². The van der Waals surface area contributed by atoms with Crippen molar-refractivity contribution in [1.29, 1.82) is 0 Å². The van der Waals surface area contributed by atoms with Gasteiger partial charge < -0.3 is 14.0 Å². The third kappa shape index (κ3) is 20.3. The zero-order chi connectivity index (χ0) is 26.5. The molecule has 0 aliphatic carbocycles. The second kappa shape index (κ2) is 23.6. The van der Waals surface area contributed by atoms with Crippen LogP contribution in [0.1, 0.15) is 130 Å². The minimum absolute atomic E-state index is 0. The summed E-state index contributed by atoms with van der Waals surface area (Å²) in [4.78, 5) is 24.8. The number of hydrogen-bond acceptors (Lipinski definition) is 7. The summed E-state index contributed by atoms with van der Waals surface area (Å²) in [5, 5.41) is 0. The van der Waals surface area contributed by atoms with Gasteiger partial charge in [-0.3, -0.25) is 0 Å². The largest absolute Gasteiger partial charge is 1.00 e. The van der Waals surface area contributed by atoms with Crippen LogP contribution in [0.2, 0.25) is 0 Å². The molecule has 0 aromatic heterocycles. The number of carbonyl (C=O) groups excluding carboxylic acids is 2. The van der Waals surface area contributed by atoms with E-state index in [-0.39, 0.29) is 82.0 Å². The van der Waals surface area contributed by atoms with Crippen molar-refractivity contribution in [3.8, 4) is 0 Å². The Hall–Kier alpha value is -0.294. The van der Waals surface area contributed by atoms with Crippen LogP contribution >= 0.6 is 0 Å². The van der Waals surface area contributed by atoms with Crippen LogP contribution in [0.3, 0.4) is 0 Å². The first-order valence-electron chi connectivity index (χ1n) is 13.7. The molecule has 206 valence electrons. The first-order chi connectivity index (χ1) is 17.3. The number of hydrogen-bond donors (Lipinski definition) is 0. The zero-order valence-electron chi connectivity index (χ0n) is 23.0. The van der Waals surface area contributed by atoms with Crippen LogP contribution in [-0.4, -0.2) is 43.9 Å². The van der Waals surface area contributed by atoms with Gasteiger partial charge in [0.25, 0.3) is 0 Å². The molecule has 9 heteroatoms.